The number of nitrogens with one attached hydrogen (secondary N) is 3. The van der Waals surface area contributed by atoms with Crippen molar-refractivity contribution in [3.63, 3.8) is 0 Å². The first-order chi connectivity index (χ1) is 20.5. The Balaban J connectivity index is 1.39. The van der Waals surface area contributed by atoms with Crippen LogP contribution < -0.4 is 20.7 Å². The predicted octanol–water partition coefficient (Wildman–Crippen LogP) is 4.73. The number of anilines is 2. The van der Waals surface area contributed by atoms with Gasteiger partial charge in [0.2, 0.25) is 0 Å². The van der Waals surface area contributed by atoms with Gasteiger partial charge in [-0.25, -0.2) is 4.39 Å². The lowest BCUT2D eigenvalue weighted by atomic mass is 9.92. The molecule has 2 atom stereocenters. The van der Waals surface area contributed by atoms with Crippen LogP contribution in [0.25, 0.3) is 5.52 Å². The van der Waals surface area contributed by atoms with Gasteiger partial charge >= 0.3 is 5.51 Å². The predicted molar refractivity (Wildman–Crippen MR) is 159 cm³/mol. The van der Waals surface area contributed by atoms with E-state index in [0.29, 0.717) is 54.0 Å². The summed E-state index contributed by atoms with van der Waals surface area (Å²) >= 11 is -0.254. The number of alkyl halides is 4. The van der Waals surface area contributed by atoms with E-state index < -0.39 is 23.8 Å². The first kappa shape index (κ1) is 30.8. The maximum Gasteiger partial charge on any atom is 0.447 e. The van der Waals surface area contributed by atoms with Crippen LogP contribution in [0, 0.1) is 11.8 Å². The number of likely N-dealkylation sites (tertiary alicyclic amines) is 1. The zero-order valence-electron chi connectivity index (χ0n) is 23.7. The number of hydrogen-bond donors (Lipinski definition) is 4. The summed E-state index contributed by atoms with van der Waals surface area (Å²) in [6.45, 7) is 1.04. The number of rotatable bonds is 8. The summed E-state index contributed by atoms with van der Waals surface area (Å²) in [5, 5.41) is 18.4. The van der Waals surface area contributed by atoms with Crippen molar-refractivity contribution in [2.75, 3.05) is 44.4 Å². The van der Waals surface area contributed by atoms with Crippen molar-refractivity contribution in [2.24, 2.45) is 0 Å². The number of ether oxygens (including phenoxy) is 1. The van der Waals surface area contributed by atoms with Gasteiger partial charge in [-0.15, -0.1) is 0 Å². The Morgan fingerprint density at radius 1 is 1.21 bits per heavy atom. The maximum absolute atomic E-state index is 14.7. The molecule has 4 N–H and O–H groups in total. The van der Waals surface area contributed by atoms with Crippen molar-refractivity contribution in [1.82, 2.24) is 14.6 Å². The van der Waals surface area contributed by atoms with E-state index in [1.54, 1.807) is 36.4 Å². The van der Waals surface area contributed by atoms with Crippen LogP contribution >= 0.6 is 11.8 Å². The SMILES string of the molecule is CNC(=O)c1ccc(OC2CC(O)C2)c(NCC#Cc2cc3c(N[C@@H]4CCN(C)C[C@@H]4F)cccn3c2SC(F)(F)F)c1. The number of aliphatic hydroxyl groups excluding tert-OH is 1. The third-order valence-corrected chi connectivity index (χ3v) is 8.33. The van der Waals surface area contributed by atoms with Gasteiger partial charge in [-0.3, -0.25) is 4.79 Å². The van der Waals surface area contributed by atoms with Crippen LogP contribution in [0.2, 0.25) is 0 Å². The molecule has 0 bridgehead atoms. The molecule has 1 saturated carbocycles. The van der Waals surface area contributed by atoms with Crippen LogP contribution in [-0.2, 0) is 0 Å². The van der Waals surface area contributed by atoms with Gasteiger partial charge in [-0.05, 0) is 49.9 Å². The number of carbonyl (C=O) groups is 1. The number of hydrogen-bond acceptors (Lipinski definition) is 7. The summed E-state index contributed by atoms with van der Waals surface area (Å²) in [5.41, 5.74) is -2.49. The Bertz CT molecular complexity index is 1530. The van der Waals surface area contributed by atoms with Gasteiger partial charge in [0.1, 0.15) is 23.1 Å². The minimum atomic E-state index is -4.55. The zero-order chi connectivity index (χ0) is 30.7. The molecule has 13 heteroatoms. The standard InChI is InChI=1S/C30H33F4N5O3S/c1-35-28(41)18-7-8-27(42-21-15-20(40)16-21)25(13-18)36-10-3-5-19-14-26-24(37-23-9-12-38(2)17-22(23)31)6-4-11-39(26)29(19)43-30(32,33)34/h4,6-8,11,13-14,20-23,36-37,40H,9-10,12,15-17H2,1-2H3,(H,35,41)/t20?,21?,22-,23+/m0/s1. The molecule has 3 heterocycles. The Morgan fingerprint density at radius 3 is 2.70 bits per heavy atom. The molecule has 1 aliphatic heterocycles. The second-order valence-corrected chi connectivity index (χ2v) is 11.8. The highest BCUT2D eigenvalue weighted by molar-refractivity contribution is 8.00. The highest BCUT2D eigenvalue weighted by Gasteiger charge is 2.33. The molecule has 2 fully saturated rings. The number of piperidine rings is 1. The highest BCUT2D eigenvalue weighted by Crippen LogP contribution is 2.41. The molecule has 1 aliphatic carbocycles. The summed E-state index contributed by atoms with van der Waals surface area (Å²) < 4.78 is 62.9. The number of amides is 1. The van der Waals surface area contributed by atoms with Crippen molar-refractivity contribution in [3.8, 4) is 17.6 Å². The fourth-order valence-electron chi connectivity index (χ4n) is 5.17. The molecule has 0 spiro atoms. The Hall–Kier alpha value is -3.60. The minimum absolute atomic E-state index is 0.0490. The molecule has 1 aromatic carbocycles. The normalized spacial score (nSPS) is 22.3. The number of benzene rings is 1. The number of thioether (sulfide) groups is 1. The largest absolute Gasteiger partial charge is 0.488 e. The van der Waals surface area contributed by atoms with Crippen molar-refractivity contribution < 1.29 is 32.2 Å². The lowest BCUT2D eigenvalue weighted by Crippen LogP contribution is -2.46. The van der Waals surface area contributed by atoms with Crippen LogP contribution in [0.3, 0.4) is 0 Å². The highest BCUT2D eigenvalue weighted by atomic mass is 32.2. The van der Waals surface area contributed by atoms with Gasteiger partial charge in [0.05, 0.1) is 41.1 Å². The van der Waals surface area contributed by atoms with E-state index >= 15 is 0 Å². The fourth-order valence-corrected chi connectivity index (χ4v) is 5.86. The summed E-state index contributed by atoms with van der Waals surface area (Å²) in [4.78, 5) is 14.1. The summed E-state index contributed by atoms with van der Waals surface area (Å²) in [5.74, 6) is 5.94. The van der Waals surface area contributed by atoms with E-state index in [0.717, 1.165) is 0 Å². The van der Waals surface area contributed by atoms with Crippen LogP contribution in [0.15, 0.2) is 47.6 Å². The molecule has 43 heavy (non-hydrogen) atoms. The van der Waals surface area contributed by atoms with Crippen molar-refractivity contribution in [3.05, 3.63) is 53.7 Å². The van der Waals surface area contributed by atoms with E-state index in [1.807, 2.05) is 11.9 Å². The van der Waals surface area contributed by atoms with Gasteiger partial charge in [0, 0.05) is 56.5 Å². The second kappa shape index (κ2) is 13.0. The van der Waals surface area contributed by atoms with Gasteiger partial charge in [0.25, 0.3) is 5.91 Å². The zero-order valence-corrected chi connectivity index (χ0v) is 24.5. The number of pyridine rings is 1. The van der Waals surface area contributed by atoms with E-state index in [-0.39, 0.29) is 47.5 Å². The monoisotopic (exact) mass is 619 g/mol. The summed E-state index contributed by atoms with van der Waals surface area (Å²) in [7, 11) is 3.37. The van der Waals surface area contributed by atoms with Gasteiger partial charge in [-0.1, -0.05) is 11.8 Å². The topological polar surface area (TPSA) is 90.3 Å². The Morgan fingerprint density at radius 2 is 2.00 bits per heavy atom. The number of nitrogens with zero attached hydrogens (tertiary/aromatic N) is 2. The molecule has 1 saturated heterocycles. The van der Waals surface area contributed by atoms with Crippen molar-refractivity contribution in [2.45, 2.75) is 54.2 Å². The molecule has 1 amide bonds. The third kappa shape index (κ3) is 7.49. The molecule has 0 unspecified atom stereocenters. The number of halogens is 4. The first-order valence-electron chi connectivity index (χ1n) is 13.9. The molecular weight excluding hydrogens is 586 g/mol. The molecule has 8 nitrogen and oxygen atoms in total. The third-order valence-electron chi connectivity index (χ3n) is 7.48. The maximum atomic E-state index is 14.7. The van der Waals surface area contributed by atoms with E-state index in [9.17, 15) is 27.5 Å². The van der Waals surface area contributed by atoms with Gasteiger partial charge in [0.15, 0.2) is 0 Å². The second-order valence-electron chi connectivity index (χ2n) is 10.7. The Labute approximate surface area is 251 Å². The number of fused-ring (bicyclic) bond motifs is 1. The van der Waals surface area contributed by atoms with Crippen molar-refractivity contribution >= 4 is 34.6 Å². The summed E-state index contributed by atoms with van der Waals surface area (Å²) in [6.07, 6.45) is 1.41. The van der Waals surface area contributed by atoms with Crippen molar-refractivity contribution in [1.29, 1.82) is 0 Å². The van der Waals surface area contributed by atoms with E-state index in [4.69, 9.17) is 4.74 Å². The lowest BCUT2D eigenvalue weighted by molar-refractivity contribution is -0.0330. The van der Waals surface area contributed by atoms with E-state index in [1.165, 1.54) is 17.6 Å². The molecule has 5 rings (SSSR count). The number of aliphatic hydroxyl groups is 1. The molecule has 0 radical (unpaired) electrons. The molecule has 2 aromatic heterocycles. The molecule has 3 aromatic rings. The van der Waals surface area contributed by atoms with Crippen LogP contribution in [0.4, 0.5) is 28.9 Å². The average molecular weight is 620 g/mol. The Kier molecular flexibility index (Phi) is 9.29. The van der Waals surface area contributed by atoms with Gasteiger partial charge < -0.3 is 35.1 Å². The average Bonchev–Trinajstić information content (AvgIpc) is 3.28. The van der Waals surface area contributed by atoms with Crippen LogP contribution in [0.1, 0.15) is 35.2 Å². The van der Waals surface area contributed by atoms with Crippen LogP contribution in [-0.4, -0.2) is 84.0 Å². The first-order valence-corrected chi connectivity index (χ1v) is 14.7. The quantitative estimate of drug-likeness (QED) is 0.165. The summed E-state index contributed by atoms with van der Waals surface area (Å²) in [6, 6.07) is 9.36. The fraction of sp³-hybridized carbons (Fsp3) is 0.433. The molecule has 2 aliphatic rings. The smallest absolute Gasteiger partial charge is 0.447 e. The van der Waals surface area contributed by atoms with Crippen LogP contribution in [0.5, 0.6) is 5.75 Å². The lowest BCUT2D eigenvalue weighted by Gasteiger charge is -2.33. The van der Waals surface area contributed by atoms with E-state index in [2.05, 4.69) is 27.8 Å². The number of carbonyl (C=O) groups excluding carboxylic acids is 1. The molecular formula is C30H33F4N5O3S. The molecule has 230 valence electrons. The van der Waals surface area contributed by atoms with Gasteiger partial charge in [-0.2, -0.15) is 13.2 Å². The number of aromatic nitrogens is 1. The minimum Gasteiger partial charge on any atom is -0.488 e.